The fourth-order valence-corrected chi connectivity index (χ4v) is 2.82. The summed E-state index contributed by atoms with van der Waals surface area (Å²) >= 11 is 4.66. The lowest BCUT2D eigenvalue weighted by atomic mass is 10.2. The minimum absolute atomic E-state index is 0.0105. The van der Waals surface area contributed by atoms with E-state index in [1.54, 1.807) is 24.3 Å². The molecular weight excluding hydrogens is 403 g/mol. The Morgan fingerprint density at radius 3 is 2.39 bits per heavy atom. The van der Waals surface area contributed by atoms with Crippen molar-refractivity contribution in [2.24, 2.45) is 0 Å². The van der Waals surface area contributed by atoms with Crippen LogP contribution in [0.4, 0.5) is 34.1 Å². The number of benzene rings is 1. The van der Waals surface area contributed by atoms with Gasteiger partial charge in [0.25, 0.3) is 5.17 Å². The Balaban J connectivity index is 1.51. The summed E-state index contributed by atoms with van der Waals surface area (Å²) in [5.41, 5.74) is 1.20. The Hall–Kier alpha value is -2.76. The smallest absolute Gasteiger partial charge is 0.422 e. The van der Waals surface area contributed by atoms with E-state index in [4.69, 9.17) is 9.47 Å². The molecule has 1 aromatic rings. The van der Waals surface area contributed by atoms with Gasteiger partial charge in [-0.15, -0.1) is 0 Å². The average molecular weight is 419 g/mol. The molecule has 1 N–H and O–H groups in total. The number of carbonyl (C=O) groups is 2. The van der Waals surface area contributed by atoms with Crippen LogP contribution in [0.1, 0.15) is 0 Å². The van der Waals surface area contributed by atoms with Gasteiger partial charge in [0, 0.05) is 11.4 Å². The number of carbonyl (C=O) groups excluding carboxylic acids is 2. The maximum atomic E-state index is 12.1. The number of cyclic esters (lactones) is 2. The molecule has 0 spiro atoms. The molecule has 0 aromatic heterocycles. The fraction of sp³-hybridized carbons (Fsp3) is 0.438. The van der Waals surface area contributed by atoms with Crippen LogP contribution in [0.25, 0.3) is 0 Å². The summed E-state index contributed by atoms with van der Waals surface area (Å²) in [5, 5.41) is 2.07. The van der Waals surface area contributed by atoms with Crippen molar-refractivity contribution in [2.75, 3.05) is 42.6 Å². The van der Waals surface area contributed by atoms with E-state index in [-0.39, 0.29) is 13.1 Å². The van der Waals surface area contributed by atoms with Crippen LogP contribution in [0.15, 0.2) is 24.3 Å². The number of hydrogen-bond acceptors (Lipinski definition) is 6. The Labute approximate surface area is 163 Å². The quantitative estimate of drug-likeness (QED) is 0.735. The molecule has 2 heterocycles. The number of nitrogens with zero attached hydrogens (tertiary/aromatic N) is 2. The van der Waals surface area contributed by atoms with Crippen LogP contribution < -0.4 is 15.1 Å². The Bertz CT molecular complexity index is 759. The summed E-state index contributed by atoms with van der Waals surface area (Å²) in [6.45, 7) is -0.530. The van der Waals surface area contributed by atoms with E-state index in [9.17, 15) is 22.8 Å². The first-order chi connectivity index (χ1) is 13.2. The molecule has 2 aliphatic heterocycles. The number of nitrogens with one attached hydrogen (secondary N) is 1. The van der Waals surface area contributed by atoms with Gasteiger partial charge in [-0.25, -0.2) is 9.59 Å². The number of amides is 2. The lowest BCUT2D eigenvalue weighted by Crippen LogP contribution is -2.36. The molecule has 1 unspecified atom stereocenters. The van der Waals surface area contributed by atoms with Gasteiger partial charge in [0.2, 0.25) is 0 Å². The first-order valence-electron chi connectivity index (χ1n) is 8.23. The molecule has 3 rings (SSSR count). The molecule has 0 saturated carbocycles. The molecule has 2 aliphatic rings. The summed E-state index contributed by atoms with van der Waals surface area (Å²) < 4.78 is 50.7. The highest BCUT2D eigenvalue weighted by atomic mass is 32.1. The predicted molar refractivity (Wildman–Crippen MR) is 95.4 cm³/mol. The van der Waals surface area contributed by atoms with E-state index in [0.29, 0.717) is 24.5 Å². The van der Waals surface area contributed by atoms with E-state index in [0.717, 1.165) is 0 Å². The molecule has 0 radical (unpaired) electrons. The first-order valence-corrected chi connectivity index (χ1v) is 8.63. The molecule has 0 bridgehead atoms. The number of hydrogen-bond donors (Lipinski definition) is 1. The zero-order chi connectivity index (χ0) is 20.3. The minimum atomic E-state index is -4.49. The third-order valence-corrected chi connectivity index (χ3v) is 4.21. The zero-order valence-corrected chi connectivity index (χ0v) is 15.2. The fourth-order valence-electron chi connectivity index (χ4n) is 2.67. The lowest BCUT2D eigenvalue weighted by molar-refractivity contribution is -0.156. The topological polar surface area (TPSA) is 80.3 Å². The first kappa shape index (κ1) is 20.0. The van der Waals surface area contributed by atoms with Gasteiger partial charge < -0.3 is 19.5 Å². The van der Waals surface area contributed by atoms with Gasteiger partial charge in [-0.2, -0.15) is 13.2 Å². The van der Waals surface area contributed by atoms with Crippen LogP contribution in [0.2, 0.25) is 0 Å². The van der Waals surface area contributed by atoms with Gasteiger partial charge in [-0.1, -0.05) is 0 Å². The van der Waals surface area contributed by atoms with Crippen molar-refractivity contribution in [1.29, 1.82) is 0 Å². The molecule has 12 heteroatoms. The SMILES string of the molecule is O=C1OCCN1c1ccc(N2CC(CNC(=S)OCC(F)(F)F)OC2=O)cc1. The van der Waals surface area contributed by atoms with Crippen molar-refractivity contribution in [3.8, 4) is 0 Å². The number of ether oxygens (including phenoxy) is 3. The third kappa shape index (κ3) is 4.94. The van der Waals surface area contributed by atoms with Crippen molar-refractivity contribution in [2.45, 2.75) is 12.3 Å². The van der Waals surface area contributed by atoms with Crippen molar-refractivity contribution >= 4 is 41.0 Å². The minimum Gasteiger partial charge on any atom is -0.461 e. The third-order valence-electron chi connectivity index (χ3n) is 3.95. The summed E-state index contributed by atoms with van der Waals surface area (Å²) in [4.78, 5) is 26.5. The molecule has 2 amide bonds. The molecule has 1 atom stereocenters. The van der Waals surface area contributed by atoms with Crippen molar-refractivity contribution in [3.63, 3.8) is 0 Å². The molecular formula is C16H16F3N3O5S. The largest absolute Gasteiger partial charge is 0.461 e. The van der Waals surface area contributed by atoms with Gasteiger partial charge in [-0.05, 0) is 36.5 Å². The highest BCUT2D eigenvalue weighted by Gasteiger charge is 2.33. The van der Waals surface area contributed by atoms with Gasteiger partial charge in [0.1, 0.15) is 12.7 Å². The Morgan fingerprint density at radius 2 is 1.82 bits per heavy atom. The van der Waals surface area contributed by atoms with Gasteiger partial charge in [0.05, 0.1) is 19.6 Å². The van der Waals surface area contributed by atoms with E-state index in [1.807, 2.05) is 0 Å². The van der Waals surface area contributed by atoms with E-state index in [2.05, 4.69) is 22.3 Å². The molecule has 152 valence electrons. The molecule has 2 fully saturated rings. The predicted octanol–water partition coefficient (Wildman–Crippen LogP) is 2.42. The molecule has 2 saturated heterocycles. The van der Waals surface area contributed by atoms with Gasteiger partial charge >= 0.3 is 18.4 Å². The normalized spacial score (nSPS) is 19.5. The Kier molecular flexibility index (Phi) is 5.77. The van der Waals surface area contributed by atoms with Crippen LogP contribution in [0.3, 0.4) is 0 Å². The molecule has 0 aliphatic carbocycles. The van der Waals surface area contributed by atoms with Crippen LogP contribution in [-0.4, -0.2) is 62.5 Å². The lowest BCUT2D eigenvalue weighted by Gasteiger charge is -2.16. The van der Waals surface area contributed by atoms with Crippen molar-refractivity contribution in [3.05, 3.63) is 24.3 Å². The zero-order valence-electron chi connectivity index (χ0n) is 14.4. The number of rotatable bonds is 5. The average Bonchev–Trinajstić information content (AvgIpc) is 3.23. The summed E-state index contributed by atoms with van der Waals surface area (Å²) in [6, 6.07) is 6.69. The number of halogens is 3. The Morgan fingerprint density at radius 1 is 1.18 bits per heavy atom. The van der Waals surface area contributed by atoms with Crippen LogP contribution >= 0.6 is 12.2 Å². The summed E-state index contributed by atoms with van der Waals surface area (Å²) in [5.74, 6) is 0. The van der Waals surface area contributed by atoms with Crippen LogP contribution in [0.5, 0.6) is 0 Å². The molecule has 8 nitrogen and oxygen atoms in total. The van der Waals surface area contributed by atoms with Crippen molar-refractivity contribution < 1.29 is 37.0 Å². The standard InChI is InChI=1S/C16H16F3N3O5S/c17-16(18,19)9-26-13(28)20-7-12-8-22(15(24)27-12)11-3-1-10(2-4-11)21-5-6-25-14(21)23/h1-4,12H,5-9H2,(H,20,28). The molecule has 1 aromatic carbocycles. The van der Waals surface area contributed by atoms with E-state index >= 15 is 0 Å². The number of alkyl halides is 3. The second-order valence-electron chi connectivity index (χ2n) is 5.97. The van der Waals surface area contributed by atoms with E-state index < -0.39 is 36.2 Å². The van der Waals surface area contributed by atoms with Gasteiger partial charge in [-0.3, -0.25) is 9.80 Å². The van der Waals surface area contributed by atoms with Crippen LogP contribution in [0, 0.1) is 0 Å². The van der Waals surface area contributed by atoms with Crippen LogP contribution in [-0.2, 0) is 14.2 Å². The second kappa shape index (κ2) is 8.09. The van der Waals surface area contributed by atoms with Crippen molar-refractivity contribution in [1.82, 2.24) is 5.32 Å². The summed E-state index contributed by atoms with van der Waals surface area (Å²) in [7, 11) is 0. The highest BCUT2D eigenvalue weighted by Crippen LogP contribution is 2.26. The second-order valence-corrected chi connectivity index (χ2v) is 6.34. The van der Waals surface area contributed by atoms with Gasteiger partial charge in [0.15, 0.2) is 6.61 Å². The highest BCUT2D eigenvalue weighted by molar-refractivity contribution is 7.80. The number of anilines is 2. The number of thiocarbonyl (C=S) groups is 1. The maximum Gasteiger partial charge on any atom is 0.422 e. The maximum absolute atomic E-state index is 12.1. The monoisotopic (exact) mass is 419 g/mol. The molecule has 28 heavy (non-hydrogen) atoms. The summed E-state index contributed by atoms with van der Waals surface area (Å²) in [6.07, 6.45) is -6.13. The van der Waals surface area contributed by atoms with E-state index in [1.165, 1.54) is 9.80 Å².